The number of hydrogen-bond acceptors (Lipinski definition) is 4. The highest BCUT2D eigenvalue weighted by molar-refractivity contribution is 7.92. The number of carbonyl (C=O) groups is 1. The molecule has 1 aliphatic rings. The Morgan fingerprint density at radius 2 is 1.97 bits per heavy atom. The molecule has 2 aromatic rings. The first-order chi connectivity index (χ1) is 13.5. The molecule has 0 saturated heterocycles. The van der Waals surface area contributed by atoms with Gasteiger partial charge in [-0.15, -0.1) is 0 Å². The number of carbonyl (C=O) groups excluding carboxylic acids is 1. The summed E-state index contributed by atoms with van der Waals surface area (Å²) in [7, 11) is -3.69. The van der Waals surface area contributed by atoms with Crippen molar-refractivity contribution in [3.8, 4) is 11.1 Å². The molecular weight excluding hydrogens is 409 g/mol. The molecule has 0 aliphatic carbocycles. The number of nitrogens with zero attached hydrogens (tertiary/aromatic N) is 3. The number of aromatic nitrogens is 2. The molecule has 0 bridgehead atoms. The van der Waals surface area contributed by atoms with Crippen molar-refractivity contribution >= 4 is 21.7 Å². The molecule has 1 aliphatic heterocycles. The molecule has 2 heterocycles. The van der Waals surface area contributed by atoms with Gasteiger partial charge in [0.15, 0.2) is 0 Å². The van der Waals surface area contributed by atoms with E-state index in [0.717, 1.165) is 24.5 Å². The fraction of sp³-hybridized carbons (Fsp3) is 0.333. The fourth-order valence-corrected chi connectivity index (χ4v) is 4.17. The molecule has 1 aromatic heterocycles. The van der Waals surface area contributed by atoms with Gasteiger partial charge in [-0.1, -0.05) is 18.7 Å². The Labute approximate surface area is 165 Å². The van der Waals surface area contributed by atoms with Gasteiger partial charge in [0, 0.05) is 31.1 Å². The molecule has 3 rings (SSSR count). The van der Waals surface area contributed by atoms with Crippen LogP contribution in [0.15, 0.2) is 43.1 Å². The number of halogens is 3. The van der Waals surface area contributed by atoms with Crippen molar-refractivity contribution in [3.63, 3.8) is 0 Å². The Balaban J connectivity index is 1.96. The van der Waals surface area contributed by atoms with Crippen LogP contribution in [0, 0.1) is 5.92 Å². The van der Waals surface area contributed by atoms with E-state index >= 15 is 0 Å². The first kappa shape index (κ1) is 20.9. The summed E-state index contributed by atoms with van der Waals surface area (Å²) in [6.07, 6.45) is -0.857. The van der Waals surface area contributed by atoms with Crippen LogP contribution in [0.2, 0.25) is 0 Å². The van der Waals surface area contributed by atoms with E-state index in [1.165, 1.54) is 27.3 Å². The molecule has 1 amide bonds. The first-order valence-electron chi connectivity index (χ1n) is 8.62. The lowest BCUT2D eigenvalue weighted by Gasteiger charge is -2.34. The lowest BCUT2D eigenvalue weighted by molar-refractivity contribution is -0.137. The highest BCUT2D eigenvalue weighted by atomic mass is 32.2. The van der Waals surface area contributed by atoms with Crippen molar-refractivity contribution in [2.75, 3.05) is 23.7 Å². The molecular formula is C18H19F3N4O3S. The highest BCUT2D eigenvalue weighted by Crippen LogP contribution is 2.37. The van der Waals surface area contributed by atoms with Gasteiger partial charge in [-0.3, -0.25) is 9.10 Å². The summed E-state index contributed by atoms with van der Waals surface area (Å²) in [4.78, 5) is 11.4. The first-order valence-corrected chi connectivity index (χ1v) is 10.5. The van der Waals surface area contributed by atoms with E-state index in [4.69, 9.17) is 0 Å². The Bertz CT molecular complexity index is 1030. The second kappa shape index (κ2) is 7.54. The molecule has 7 nitrogen and oxygen atoms in total. The fourth-order valence-electron chi connectivity index (χ4n) is 3.18. The maximum atomic E-state index is 12.8. The molecule has 1 aromatic carbocycles. The van der Waals surface area contributed by atoms with Gasteiger partial charge in [-0.05, 0) is 23.8 Å². The quantitative estimate of drug-likeness (QED) is 0.741. The summed E-state index contributed by atoms with van der Waals surface area (Å²) < 4.78 is 65.9. The molecule has 0 saturated carbocycles. The van der Waals surface area contributed by atoms with Crippen LogP contribution >= 0.6 is 0 Å². The smallest absolute Gasteiger partial charge is 0.352 e. The number of anilines is 1. The largest absolute Gasteiger partial charge is 0.416 e. The molecule has 0 spiro atoms. The zero-order chi connectivity index (χ0) is 21.4. The summed E-state index contributed by atoms with van der Waals surface area (Å²) in [5, 5.41) is 6.86. The molecule has 1 N–H and O–H groups in total. The molecule has 11 heteroatoms. The number of nitrogens with one attached hydrogen (secondary N) is 1. The van der Waals surface area contributed by atoms with Crippen LogP contribution in [0.25, 0.3) is 11.1 Å². The maximum absolute atomic E-state index is 12.8. The van der Waals surface area contributed by atoms with Crippen LogP contribution in [-0.4, -0.2) is 43.5 Å². The average molecular weight is 428 g/mol. The van der Waals surface area contributed by atoms with Crippen molar-refractivity contribution in [2.24, 2.45) is 5.92 Å². The van der Waals surface area contributed by atoms with E-state index in [2.05, 4.69) is 17.0 Å². The molecule has 1 atom stereocenters. The van der Waals surface area contributed by atoms with Gasteiger partial charge in [-0.25, -0.2) is 13.1 Å². The van der Waals surface area contributed by atoms with Crippen LogP contribution in [0.5, 0.6) is 0 Å². The van der Waals surface area contributed by atoms with E-state index in [1.54, 1.807) is 0 Å². The summed E-state index contributed by atoms with van der Waals surface area (Å²) in [6, 6.07) is 4.47. The highest BCUT2D eigenvalue weighted by Gasteiger charge is 2.34. The lowest BCUT2D eigenvalue weighted by atomic mass is 10.0. The Morgan fingerprint density at radius 3 is 2.52 bits per heavy atom. The van der Waals surface area contributed by atoms with Crippen LogP contribution in [0.3, 0.4) is 0 Å². The Kier molecular flexibility index (Phi) is 5.44. The van der Waals surface area contributed by atoms with Crippen molar-refractivity contribution in [2.45, 2.75) is 12.7 Å². The van der Waals surface area contributed by atoms with Gasteiger partial charge in [0.25, 0.3) is 0 Å². The second-order valence-corrected chi connectivity index (χ2v) is 8.66. The van der Waals surface area contributed by atoms with E-state index in [-0.39, 0.29) is 24.9 Å². The van der Waals surface area contributed by atoms with Crippen molar-refractivity contribution in [1.82, 2.24) is 15.1 Å². The minimum atomic E-state index is -4.46. The summed E-state index contributed by atoms with van der Waals surface area (Å²) in [6.45, 7) is 4.05. The molecule has 156 valence electrons. The van der Waals surface area contributed by atoms with Gasteiger partial charge in [0.2, 0.25) is 15.9 Å². The van der Waals surface area contributed by atoms with E-state index in [9.17, 15) is 26.4 Å². The number of hydrogen-bond donors (Lipinski definition) is 1. The third kappa shape index (κ3) is 4.44. The number of rotatable bonds is 5. The lowest BCUT2D eigenvalue weighted by Crippen LogP contribution is -2.45. The zero-order valence-electron chi connectivity index (χ0n) is 15.5. The number of alkyl halides is 3. The van der Waals surface area contributed by atoms with Crippen molar-refractivity contribution in [1.29, 1.82) is 0 Å². The number of fused-ring (bicyclic) bond motifs is 1. The number of amides is 1. The second-order valence-electron chi connectivity index (χ2n) is 6.75. The van der Waals surface area contributed by atoms with Crippen LogP contribution in [-0.2, 0) is 27.5 Å². The molecule has 0 radical (unpaired) electrons. The monoisotopic (exact) mass is 428 g/mol. The number of sulfonamides is 1. The molecule has 29 heavy (non-hydrogen) atoms. The van der Waals surface area contributed by atoms with Gasteiger partial charge in [-0.2, -0.15) is 18.3 Å². The standard InChI is InChI=1S/C18H19F3N4O3S/c1-3-16(26)22-8-12-10-24-17(25(11-12)29(2,27)28)15(9-23-24)13-4-6-14(7-5-13)18(19,20)21/h3-7,9,12H,1,8,10-11H2,2H3,(H,22,26). The molecule has 0 fully saturated rings. The Hall–Kier alpha value is -2.82. The maximum Gasteiger partial charge on any atom is 0.416 e. The zero-order valence-corrected chi connectivity index (χ0v) is 16.3. The Morgan fingerprint density at radius 1 is 1.31 bits per heavy atom. The normalized spacial score (nSPS) is 17.0. The summed E-state index contributed by atoms with van der Waals surface area (Å²) in [5.41, 5.74) is 0.0457. The minimum Gasteiger partial charge on any atom is -0.352 e. The predicted molar refractivity (Wildman–Crippen MR) is 102 cm³/mol. The average Bonchev–Trinajstić information content (AvgIpc) is 3.07. The van der Waals surface area contributed by atoms with Gasteiger partial charge in [0.1, 0.15) is 5.82 Å². The number of benzene rings is 1. The third-order valence-electron chi connectivity index (χ3n) is 4.58. The van der Waals surface area contributed by atoms with E-state index < -0.39 is 21.8 Å². The summed E-state index contributed by atoms with van der Waals surface area (Å²) in [5.74, 6) is -0.312. The summed E-state index contributed by atoms with van der Waals surface area (Å²) >= 11 is 0. The minimum absolute atomic E-state index is 0.107. The van der Waals surface area contributed by atoms with E-state index in [0.29, 0.717) is 23.5 Å². The van der Waals surface area contributed by atoms with Crippen LogP contribution < -0.4 is 9.62 Å². The third-order valence-corrected chi connectivity index (χ3v) is 5.70. The van der Waals surface area contributed by atoms with Crippen LogP contribution in [0.1, 0.15) is 5.56 Å². The van der Waals surface area contributed by atoms with Crippen LogP contribution in [0.4, 0.5) is 19.0 Å². The predicted octanol–water partition coefficient (Wildman–Crippen LogP) is 2.27. The van der Waals surface area contributed by atoms with Crippen molar-refractivity contribution in [3.05, 3.63) is 48.7 Å². The van der Waals surface area contributed by atoms with Gasteiger partial charge in [0.05, 0.1) is 18.0 Å². The topological polar surface area (TPSA) is 84.3 Å². The van der Waals surface area contributed by atoms with Crippen molar-refractivity contribution < 1.29 is 26.4 Å². The molecule has 1 unspecified atom stereocenters. The SMILES string of the molecule is C=CC(=O)NCC1CN(S(C)(=O)=O)c2c(-c3ccc(C(F)(F)F)cc3)cnn2C1. The van der Waals surface area contributed by atoms with Gasteiger partial charge >= 0.3 is 6.18 Å². The van der Waals surface area contributed by atoms with E-state index in [1.807, 2.05) is 0 Å². The van der Waals surface area contributed by atoms with Gasteiger partial charge < -0.3 is 5.32 Å².